The zero-order valence-corrected chi connectivity index (χ0v) is 8.81. The van der Waals surface area contributed by atoms with Gasteiger partial charge in [-0.1, -0.05) is 25.4 Å². The highest BCUT2D eigenvalue weighted by Crippen LogP contribution is 2.19. The molecule has 0 atom stereocenters. The molecule has 0 aliphatic carbocycles. The van der Waals surface area contributed by atoms with Crippen molar-refractivity contribution in [2.24, 2.45) is 0 Å². The average molecular weight is 197 g/mol. The van der Waals surface area contributed by atoms with Crippen molar-refractivity contribution in [3.63, 3.8) is 0 Å². The first kappa shape index (κ1) is 10.1. The zero-order valence-electron chi connectivity index (χ0n) is 8.06. The van der Waals surface area contributed by atoms with Crippen LogP contribution < -0.4 is 0 Å². The maximum Gasteiger partial charge on any atom is 0.0924 e. The number of aryl methyl sites for hydroxylation is 1. The van der Waals surface area contributed by atoms with E-state index >= 15 is 0 Å². The number of benzene rings is 1. The molecule has 0 unspecified atom stereocenters. The summed E-state index contributed by atoms with van der Waals surface area (Å²) in [6.07, 6.45) is 0. The molecule has 1 N–H and O–H groups in total. The minimum absolute atomic E-state index is 0.752. The molecule has 0 aliphatic heterocycles. The molecule has 70 valence electrons. The molecule has 13 heavy (non-hydrogen) atoms. The molecule has 0 aliphatic rings. The number of hydrogen-bond donors (Lipinski definition) is 1. The van der Waals surface area contributed by atoms with Crippen LogP contribution in [0.3, 0.4) is 0 Å². The van der Waals surface area contributed by atoms with Gasteiger partial charge >= 0.3 is 0 Å². The fourth-order valence-corrected chi connectivity index (χ4v) is 1.28. The smallest absolute Gasteiger partial charge is 0.0924 e. The number of fused-ring (bicyclic) bond motifs is 1. The minimum atomic E-state index is 0.752. The summed E-state index contributed by atoms with van der Waals surface area (Å²) in [5.41, 5.74) is 2.02. The van der Waals surface area contributed by atoms with Crippen LogP contribution >= 0.6 is 11.6 Å². The second-order valence-electron chi connectivity index (χ2n) is 2.51. The molecule has 2 nitrogen and oxygen atoms in total. The SMILES string of the molecule is CC.Cc1[nH]nc2ccc(Cl)cc12. The van der Waals surface area contributed by atoms with Gasteiger partial charge in [0.1, 0.15) is 0 Å². The predicted octanol–water partition coefficient (Wildman–Crippen LogP) is 3.55. The standard InChI is InChI=1S/C8H7ClN2.C2H6/c1-5-7-4-6(9)2-3-8(7)11-10-5;1-2/h2-4H,1H3,(H,10,11);1-2H3. The first-order valence-electron chi connectivity index (χ1n) is 4.37. The molecule has 2 rings (SSSR count). The van der Waals surface area contributed by atoms with E-state index in [2.05, 4.69) is 10.2 Å². The number of halogens is 1. The first-order chi connectivity index (χ1) is 6.27. The number of rotatable bonds is 0. The van der Waals surface area contributed by atoms with Gasteiger partial charge in [-0.05, 0) is 25.1 Å². The van der Waals surface area contributed by atoms with Gasteiger partial charge < -0.3 is 0 Å². The molecule has 1 aromatic carbocycles. The maximum atomic E-state index is 5.81. The number of aromatic nitrogens is 2. The Morgan fingerprint density at radius 3 is 2.69 bits per heavy atom. The quantitative estimate of drug-likeness (QED) is 0.686. The van der Waals surface area contributed by atoms with Gasteiger partial charge in [0, 0.05) is 16.1 Å². The Balaban J connectivity index is 0.000000396. The molecule has 2 aromatic rings. The Hall–Kier alpha value is -1.02. The van der Waals surface area contributed by atoms with Crippen LogP contribution in [0.15, 0.2) is 18.2 Å². The third kappa shape index (κ3) is 2.01. The molecule has 0 bridgehead atoms. The second kappa shape index (κ2) is 4.28. The van der Waals surface area contributed by atoms with Crippen LogP contribution in [0.1, 0.15) is 19.5 Å². The van der Waals surface area contributed by atoms with E-state index in [4.69, 9.17) is 11.6 Å². The lowest BCUT2D eigenvalue weighted by molar-refractivity contribution is 1.07. The van der Waals surface area contributed by atoms with Crippen LogP contribution in [0.2, 0.25) is 5.02 Å². The molecule has 1 aromatic heterocycles. The monoisotopic (exact) mass is 196 g/mol. The van der Waals surface area contributed by atoms with E-state index in [1.165, 1.54) is 0 Å². The maximum absolute atomic E-state index is 5.81. The van der Waals surface area contributed by atoms with E-state index in [9.17, 15) is 0 Å². The summed E-state index contributed by atoms with van der Waals surface area (Å²) in [6.45, 7) is 5.98. The Morgan fingerprint density at radius 1 is 1.31 bits per heavy atom. The molecule has 0 radical (unpaired) electrons. The van der Waals surface area contributed by atoms with E-state index in [1.54, 1.807) is 0 Å². The van der Waals surface area contributed by atoms with Crippen molar-refractivity contribution >= 4 is 22.5 Å². The zero-order chi connectivity index (χ0) is 9.84. The first-order valence-corrected chi connectivity index (χ1v) is 4.75. The highest BCUT2D eigenvalue weighted by Gasteiger charge is 1.99. The molecule has 1 heterocycles. The fourth-order valence-electron chi connectivity index (χ4n) is 1.11. The third-order valence-corrected chi connectivity index (χ3v) is 1.94. The summed E-state index contributed by atoms with van der Waals surface area (Å²) >= 11 is 5.81. The van der Waals surface area contributed by atoms with Crippen molar-refractivity contribution in [3.05, 3.63) is 28.9 Å². The van der Waals surface area contributed by atoms with Crippen LogP contribution in [-0.4, -0.2) is 10.2 Å². The normalized spacial score (nSPS) is 9.54. The summed E-state index contributed by atoms with van der Waals surface area (Å²) in [5.74, 6) is 0. The van der Waals surface area contributed by atoms with Crippen LogP contribution in [0.5, 0.6) is 0 Å². The lowest BCUT2D eigenvalue weighted by Gasteiger charge is -1.89. The fraction of sp³-hybridized carbons (Fsp3) is 0.300. The van der Waals surface area contributed by atoms with Crippen LogP contribution in [0, 0.1) is 6.92 Å². The van der Waals surface area contributed by atoms with E-state index in [-0.39, 0.29) is 0 Å². The number of hydrogen-bond acceptors (Lipinski definition) is 1. The van der Waals surface area contributed by atoms with Crippen molar-refractivity contribution < 1.29 is 0 Å². The van der Waals surface area contributed by atoms with E-state index in [1.807, 2.05) is 39.0 Å². The highest BCUT2D eigenvalue weighted by molar-refractivity contribution is 6.31. The summed E-state index contributed by atoms with van der Waals surface area (Å²) in [7, 11) is 0. The molecule has 0 saturated carbocycles. The lowest BCUT2D eigenvalue weighted by Crippen LogP contribution is -1.69. The molecule has 0 spiro atoms. The predicted molar refractivity (Wildman–Crippen MR) is 57.2 cm³/mol. The Kier molecular flexibility index (Phi) is 3.32. The summed E-state index contributed by atoms with van der Waals surface area (Å²) in [5, 5.41) is 8.82. The van der Waals surface area contributed by atoms with Crippen molar-refractivity contribution in [3.8, 4) is 0 Å². The van der Waals surface area contributed by atoms with E-state index in [0.29, 0.717) is 0 Å². The highest BCUT2D eigenvalue weighted by atomic mass is 35.5. The van der Waals surface area contributed by atoms with Crippen molar-refractivity contribution in [1.29, 1.82) is 0 Å². The topological polar surface area (TPSA) is 28.7 Å². The van der Waals surface area contributed by atoms with Crippen molar-refractivity contribution in [2.75, 3.05) is 0 Å². The van der Waals surface area contributed by atoms with Gasteiger partial charge in [0.25, 0.3) is 0 Å². The second-order valence-corrected chi connectivity index (χ2v) is 2.95. The number of nitrogens with zero attached hydrogens (tertiary/aromatic N) is 1. The Bertz CT molecular complexity index is 393. The summed E-state index contributed by atoms with van der Waals surface area (Å²) < 4.78 is 0. The summed E-state index contributed by atoms with van der Waals surface area (Å²) in [6, 6.07) is 5.65. The molecular weight excluding hydrogens is 184 g/mol. The van der Waals surface area contributed by atoms with E-state index in [0.717, 1.165) is 21.6 Å². The van der Waals surface area contributed by atoms with Gasteiger partial charge in [-0.25, -0.2) is 0 Å². The van der Waals surface area contributed by atoms with Gasteiger partial charge in [-0.15, -0.1) is 0 Å². The van der Waals surface area contributed by atoms with Crippen LogP contribution in [-0.2, 0) is 0 Å². The Labute approximate surface area is 82.9 Å². The van der Waals surface area contributed by atoms with Crippen LogP contribution in [0.25, 0.3) is 10.9 Å². The average Bonchev–Trinajstić information content (AvgIpc) is 2.52. The molecule has 3 heteroatoms. The summed E-state index contributed by atoms with van der Waals surface area (Å²) in [4.78, 5) is 0. The van der Waals surface area contributed by atoms with Gasteiger partial charge in [0.05, 0.1) is 5.52 Å². The van der Waals surface area contributed by atoms with Crippen LogP contribution in [0.4, 0.5) is 0 Å². The lowest BCUT2D eigenvalue weighted by atomic mass is 10.2. The third-order valence-electron chi connectivity index (χ3n) is 1.71. The molecule has 0 saturated heterocycles. The molecule has 0 amide bonds. The van der Waals surface area contributed by atoms with Gasteiger partial charge in [0.15, 0.2) is 0 Å². The number of nitrogens with one attached hydrogen (secondary N) is 1. The van der Waals surface area contributed by atoms with Gasteiger partial charge in [-0.2, -0.15) is 5.10 Å². The Morgan fingerprint density at radius 2 is 2.00 bits per heavy atom. The van der Waals surface area contributed by atoms with Crippen molar-refractivity contribution in [2.45, 2.75) is 20.8 Å². The largest absolute Gasteiger partial charge is 0.282 e. The molecule has 0 fully saturated rings. The van der Waals surface area contributed by atoms with Gasteiger partial charge in [-0.3, -0.25) is 5.10 Å². The molecular formula is C10H13ClN2. The van der Waals surface area contributed by atoms with E-state index < -0.39 is 0 Å². The number of H-pyrrole nitrogens is 1. The van der Waals surface area contributed by atoms with Gasteiger partial charge in [0.2, 0.25) is 0 Å². The number of aromatic amines is 1. The minimum Gasteiger partial charge on any atom is -0.282 e. The van der Waals surface area contributed by atoms with Crippen molar-refractivity contribution in [1.82, 2.24) is 10.2 Å².